The molecule has 1 saturated heterocycles. The van der Waals surface area contributed by atoms with Crippen LogP contribution < -0.4 is 5.32 Å². The summed E-state index contributed by atoms with van der Waals surface area (Å²) in [6.45, 7) is 8.24. The summed E-state index contributed by atoms with van der Waals surface area (Å²) in [6, 6.07) is 2.38. The first-order valence-corrected chi connectivity index (χ1v) is 7.05. The van der Waals surface area contributed by atoms with E-state index in [1.807, 2.05) is 13.8 Å². The van der Waals surface area contributed by atoms with Crippen LogP contribution in [-0.2, 0) is 4.74 Å². The van der Waals surface area contributed by atoms with Crippen molar-refractivity contribution in [3.63, 3.8) is 0 Å². The molecule has 1 rings (SSSR count). The quantitative estimate of drug-likeness (QED) is 0.751. The monoisotopic (exact) mass is 253 g/mol. The molecule has 4 nitrogen and oxygen atoms in total. The summed E-state index contributed by atoms with van der Waals surface area (Å²) < 4.78 is 5.37. The van der Waals surface area contributed by atoms with Gasteiger partial charge in [0.15, 0.2) is 0 Å². The van der Waals surface area contributed by atoms with Crippen LogP contribution in [0, 0.1) is 11.3 Å². The van der Waals surface area contributed by atoms with Gasteiger partial charge in [-0.05, 0) is 45.7 Å². The molecule has 1 N–H and O–H groups in total. The normalized spacial score (nSPS) is 21.4. The molecule has 0 aliphatic carbocycles. The van der Waals surface area contributed by atoms with Gasteiger partial charge in [-0.1, -0.05) is 6.92 Å². The zero-order chi connectivity index (χ0) is 13.4. The number of nitrogens with zero attached hydrogens (tertiary/aromatic N) is 2. The Hall–Kier alpha value is -0.630. The standard InChI is InChI=1S/C14H27N3O/c1-4-16-14(2,12-15)8-5-9-17-10-6-13(18-3)7-11-17/h13,16H,4-11H2,1-3H3. The predicted molar refractivity (Wildman–Crippen MR) is 73.4 cm³/mol. The second kappa shape index (κ2) is 7.73. The highest BCUT2D eigenvalue weighted by molar-refractivity contribution is 5.03. The van der Waals surface area contributed by atoms with Gasteiger partial charge in [0.2, 0.25) is 0 Å². The first-order valence-electron chi connectivity index (χ1n) is 7.05. The highest BCUT2D eigenvalue weighted by Crippen LogP contribution is 2.16. The first kappa shape index (κ1) is 15.4. The van der Waals surface area contributed by atoms with Crippen LogP contribution >= 0.6 is 0 Å². The Morgan fingerprint density at radius 2 is 2.11 bits per heavy atom. The molecule has 0 saturated carbocycles. The molecule has 1 fully saturated rings. The largest absolute Gasteiger partial charge is 0.381 e. The number of ether oxygens (including phenoxy) is 1. The Labute approximate surface area is 111 Å². The number of hydrogen-bond donors (Lipinski definition) is 1. The number of nitriles is 1. The van der Waals surface area contributed by atoms with Gasteiger partial charge in [0.05, 0.1) is 12.2 Å². The molecule has 18 heavy (non-hydrogen) atoms. The van der Waals surface area contributed by atoms with E-state index in [4.69, 9.17) is 4.74 Å². The molecule has 1 aliphatic rings. The number of hydrogen-bond acceptors (Lipinski definition) is 4. The average molecular weight is 253 g/mol. The van der Waals surface area contributed by atoms with Gasteiger partial charge >= 0.3 is 0 Å². The molecule has 1 atom stereocenters. The molecular weight excluding hydrogens is 226 g/mol. The molecule has 0 spiro atoms. The van der Waals surface area contributed by atoms with Crippen LogP contribution in [0.4, 0.5) is 0 Å². The summed E-state index contributed by atoms with van der Waals surface area (Å²) in [6.07, 6.45) is 4.72. The Balaban J connectivity index is 2.20. The molecule has 1 heterocycles. The molecule has 0 aromatic rings. The minimum atomic E-state index is -0.362. The lowest BCUT2D eigenvalue weighted by Gasteiger charge is -2.32. The zero-order valence-corrected chi connectivity index (χ0v) is 12.0. The van der Waals surface area contributed by atoms with E-state index in [-0.39, 0.29) is 5.54 Å². The molecule has 1 aliphatic heterocycles. The van der Waals surface area contributed by atoms with Gasteiger partial charge in [-0.3, -0.25) is 5.32 Å². The van der Waals surface area contributed by atoms with E-state index < -0.39 is 0 Å². The third-order valence-electron chi connectivity index (χ3n) is 3.83. The average Bonchev–Trinajstić information content (AvgIpc) is 2.40. The van der Waals surface area contributed by atoms with E-state index in [2.05, 4.69) is 16.3 Å². The SMILES string of the molecule is CCNC(C)(C#N)CCCN1CCC(OC)CC1. The molecule has 0 aromatic carbocycles. The first-order chi connectivity index (χ1) is 8.63. The van der Waals surface area contributed by atoms with Crippen LogP contribution in [0.25, 0.3) is 0 Å². The number of methoxy groups -OCH3 is 1. The van der Waals surface area contributed by atoms with Crippen LogP contribution in [0.15, 0.2) is 0 Å². The third kappa shape index (κ3) is 4.93. The van der Waals surface area contributed by atoms with Crippen molar-refractivity contribution in [3.05, 3.63) is 0 Å². The molecule has 1 unspecified atom stereocenters. The van der Waals surface area contributed by atoms with E-state index in [9.17, 15) is 5.26 Å². The van der Waals surface area contributed by atoms with E-state index >= 15 is 0 Å². The zero-order valence-electron chi connectivity index (χ0n) is 12.0. The van der Waals surface area contributed by atoms with Crippen molar-refractivity contribution < 1.29 is 4.74 Å². The number of piperidine rings is 1. The maximum absolute atomic E-state index is 9.18. The topological polar surface area (TPSA) is 48.3 Å². The Kier molecular flexibility index (Phi) is 6.62. The highest BCUT2D eigenvalue weighted by Gasteiger charge is 2.23. The summed E-state index contributed by atoms with van der Waals surface area (Å²) >= 11 is 0. The second-order valence-corrected chi connectivity index (χ2v) is 5.35. The van der Waals surface area contributed by atoms with Crippen molar-refractivity contribution in [2.45, 2.75) is 51.2 Å². The van der Waals surface area contributed by atoms with Crippen molar-refractivity contribution in [2.24, 2.45) is 0 Å². The van der Waals surface area contributed by atoms with Gasteiger partial charge in [-0.2, -0.15) is 5.26 Å². The van der Waals surface area contributed by atoms with Crippen molar-refractivity contribution in [1.29, 1.82) is 5.26 Å². The Morgan fingerprint density at radius 1 is 1.44 bits per heavy atom. The van der Waals surface area contributed by atoms with Crippen molar-refractivity contribution in [1.82, 2.24) is 10.2 Å². The Bertz CT molecular complexity index is 269. The predicted octanol–water partition coefficient (Wildman–Crippen LogP) is 1.77. The van der Waals surface area contributed by atoms with E-state index in [1.165, 1.54) is 0 Å². The van der Waals surface area contributed by atoms with Gasteiger partial charge in [0, 0.05) is 20.2 Å². The summed E-state index contributed by atoms with van der Waals surface area (Å²) in [5.41, 5.74) is -0.362. The third-order valence-corrected chi connectivity index (χ3v) is 3.83. The minimum absolute atomic E-state index is 0.362. The fraction of sp³-hybridized carbons (Fsp3) is 0.929. The van der Waals surface area contributed by atoms with Crippen LogP contribution in [0.5, 0.6) is 0 Å². The molecule has 0 radical (unpaired) electrons. The second-order valence-electron chi connectivity index (χ2n) is 5.35. The van der Waals surface area contributed by atoms with E-state index in [1.54, 1.807) is 7.11 Å². The summed E-state index contributed by atoms with van der Waals surface area (Å²) in [5, 5.41) is 12.4. The molecule has 4 heteroatoms. The maximum atomic E-state index is 9.18. The van der Waals surface area contributed by atoms with Gasteiger partial charge < -0.3 is 9.64 Å². The molecule has 0 amide bonds. The van der Waals surface area contributed by atoms with Crippen molar-refractivity contribution in [3.8, 4) is 6.07 Å². The van der Waals surface area contributed by atoms with Gasteiger partial charge in [0.1, 0.15) is 5.54 Å². The van der Waals surface area contributed by atoms with Crippen molar-refractivity contribution >= 4 is 0 Å². The van der Waals surface area contributed by atoms with Crippen molar-refractivity contribution in [2.75, 3.05) is 33.3 Å². The number of nitrogens with one attached hydrogen (secondary N) is 1. The minimum Gasteiger partial charge on any atom is -0.381 e. The van der Waals surface area contributed by atoms with E-state index in [0.717, 1.165) is 51.9 Å². The maximum Gasteiger partial charge on any atom is 0.103 e. The van der Waals surface area contributed by atoms with Crippen LogP contribution in [-0.4, -0.2) is 49.8 Å². The lowest BCUT2D eigenvalue weighted by molar-refractivity contribution is 0.0403. The Morgan fingerprint density at radius 3 is 2.61 bits per heavy atom. The fourth-order valence-electron chi connectivity index (χ4n) is 2.60. The van der Waals surface area contributed by atoms with Crippen LogP contribution in [0.2, 0.25) is 0 Å². The molecule has 0 bridgehead atoms. The lowest BCUT2D eigenvalue weighted by Crippen LogP contribution is -2.42. The molecular formula is C14H27N3O. The smallest absolute Gasteiger partial charge is 0.103 e. The van der Waals surface area contributed by atoms with Gasteiger partial charge in [0.25, 0.3) is 0 Å². The summed E-state index contributed by atoms with van der Waals surface area (Å²) in [7, 11) is 1.80. The molecule has 104 valence electrons. The summed E-state index contributed by atoms with van der Waals surface area (Å²) in [4.78, 5) is 2.49. The number of likely N-dealkylation sites (tertiary alicyclic amines) is 1. The van der Waals surface area contributed by atoms with Gasteiger partial charge in [-0.25, -0.2) is 0 Å². The van der Waals surface area contributed by atoms with Crippen LogP contribution in [0.3, 0.4) is 0 Å². The van der Waals surface area contributed by atoms with Crippen LogP contribution in [0.1, 0.15) is 39.5 Å². The highest BCUT2D eigenvalue weighted by atomic mass is 16.5. The molecule has 0 aromatic heterocycles. The summed E-state index contributed by atoms with van der Waals surface area (Å²) in [5.74, 6) is 0. The number of rotatable bonds is 7. The lowest BCUT2D eigenvalue weighted by atomic mass is 9.97. The van der Waals surface area contributed by atoms with Gasteiger partial charge in [-0.15, -0.1) is 0 Å². The fourth-order valence-corrected chi connectivity index (χ4v) is 2.60. The van der Waals surface area contributed by atoms with E-state index in [0.29, 0.717) is 6.10 Å².